The van der Waals surface area contributed by atoms with Crippen LogP contribution in [0.25, 0.3) is 6.08 Å². The molecular formula is C27H25BrN2O8S. The minimum Gasteiger partial charge on any atom is -0.496 e. The van der Waals surface area contributed by atoms with Crippen molar-refractivity contribution in [1.82, 2.24) is 4.57 Å². The van der Waals surface area contributed by atoms with Gasteiger partial charge in [-0.1, -0.05) is 35.6 Å². The highest BCUT2D eigenvalue weighted by molar-refractivity contribution is 9.10. The van der Waals surface area contributed by atoms with Gasteiger partial charge < -0.3 is 24.1 Å². The van der Waals surface area contributed by atoms with Gasteiger partial charge in [0.2, 0.25) is 0 Å². The number of aliphatic carboxylic acids is 1. The Kier molecular flexibility index (Phi) is 9.00. The Morgan fingerprint density at radius 2 is 1.92 bits per heavy atom. The Labute approximate surface area is 235 Å². The Balaban J connectivity index is 1.84. The minimum atomic E-state index is -1.09. The summed E-state index contributed by atoms with van der Waals surface area (Å²) in [5.74, 6) is -0.817. The first kappa shape index (κ1) is 28.3. The molecule has 2 aromatic carbocycles. The highest BCUT2D eigenvalue weighted by Crippen LogP contribution is 2.35. The van der Waals surface area contributed by atoms with E-state index in [0.717, 1.165) is 0 Å². The van der Waals surface area contributed by atoms with Crippen LogP contribution < -0.4 is 24.4 Å². The van der Waals surface area contributed by atoms with E-state index in [4.69, 9.17) is 24.1 Å². The van der Waals surface area contributed by atoms with E-state index in [0.29, 0.717) is 42.1 Å². The molecule has 0 aliphatic carbocycles. The molecule has 0 bridgehead atoms. The second-order valence-corrected chi connectivity index (χ2v) is 10.2. The van der Waals surface area contributed by atoms with Gasteiger partial charge in [-0.15, -0.1) is 0 Å². The van der Waals surface area contributed by atoms with E-state index in [2.05, 4.69) is 20.9 Å². The molecule has 0 radical (unpaired) electrons. The number of rotatable bonds is 10. The zero-order valence-electron chi connectivity index (χ0n) is 21.3. The summed E-state index contributed by atoms with van der Waals surface area (Å²) < 4.78 is 23.7. The third-order valence-corrected chi connectivity index (χ3v) is 7.40. The number of hydrogen-bond donors (Lipinski definition) is 1. The van der Waals surface area contributed by atoms with Crippen LogP contribution in [0.15, 0.2) is 68.0 Å². The van der Waals surface area contributed by atoms with E-state index in [1.807, 2.05) is 6.07 Å². The van der Waals surface area contributed by atoms with Gasteiger partial charge in [-0.3, -0.25) is 9.36 Å². The van der Waals surface area contributed by atoms with Crippen molar-refractivity contribution in [3.05, 3.63) is 89.0 Å². The number of methoxy groups -OCH3 is 2. The highest BCUT2D eigenvalue weighted by Gasteiger charge is 2.35. The summed E-state index contributed by atoms with van der Waals surface area (Å²) in [4.78, 5) is 42.9. The van der Waals surface area contributed by atoms with Crippen molar-refractivity contribution in [2.24, 2.45) is 4.99 Å². The molecule has 39 heavy (non-hydrogen) atoms. The maximum absolute atomic E-state index is 13.8. The molecule has 1 atom stereocenters. The molecule has 1 aliphatic heterocycles. The van der Waals surface area contributed by atoms with Gasteiger partial charge in [-0.05, 0) is 52.7 Å². The summed E-state index contributed by atoms with van der Waals surface area (Å²) in [7, 11) is 3.04. The van der Waals surface area contributed by atoms with Crippen molar-refractivity contribution in [2.75, 3.05) is 34.0 Å². The van der Waals surface area contributed by atoms with E-state index < -0.39 is 24.6 Å². The lowest BCUT2D eigenvalue weighted by Crippen LogP contribution is -2.40. The Morgan fingerprint density at radius 1 is 1.15 bits per heavy atom. The lowest BCUT2D eigenvalue weighted by Gasteiger charge is -2.26. The predicted molar refractivity (Wildman–Crippen MR) is 147 cm³/mol. The lowest BCUT2D eigenvalue weighted by molar-refractivity contribution is -0.141. The minimum absolute atomic E-state index is 0.0518. The number of halogens is 1. The fraction of sp³-hybridized carbons (Fsp3) is 0.259. The smallest absolute Gasteiger partial charge is 0.341 e. The van der Waals surface area contributed by atoms with Gasteiger partial charge in [-0.2, -0.15) is 0 Å². The third-order valence-electron chi connectivity index (χ3n) is 5.80. The molecule has 0 fully saturated rings. The number of ether oxygens (including phenoxy) is 4. The highest BCUT2D eigenvalue weighted by atomic mass is 79.9. The van der Waals surface area contributed by atoms with Crippen molar-refractivity contribution in [3.63, 3.8) is 0 Å². The molecule has 0 saturated carbocycles. The first-order chi connectivity index (χ1) is 18.7. The van der Waals surface area contributed by atoms with E-state index in [-0.39, 0.29) is 24.3 Å². The Hall–Kier alpha value is -3.74. The van der Waals surface area contributed by atoms with Crippen LogP contribution in [0.5, 0.6) is 11.5 Å². The number of nitrogens with zero attached hydrogens (tertiary/aromatic N) is 2. The van der Waals surface area contributed by atoms with Gasteiger partial charge in [0.05, 0.1) is 34.0 Å². The molecule has 1 aromatic heterocycles. The van der Waals surface area contributed by atoms with Crippen LogP contribution in [0.3, 0.4) is 0 Å². The molecule has 204 valence electrons. The van der Waals surface area contributed by atoms with Crippen molar-refractivity contribution >= 4 is 45.3 Å². The van der Waals surface area contributed by atoms with E-state index in [9.17, 15) is 14.4 Å². The summed E-state index contributed by atoms with van der Waals surface area (Å²) in [5.41, 5.74) is 1.62. The molecular weight excluding hydrogens is 592 g/mol. The predicted octanol–water partition coefficient (Wildman–Crippen LogP) is 2.66. The van der Waals surface area contributed by atoms with E-state index >= 15 is 0 Å². The van der Waals surface area contributed by atoms with Gasteiger partial charge in [0.25, 0.3) is 5.56 Å². The summed E-state index contributed by atoms with van der Waals surface area (Å²) in [6, 6.07) is 11.4. The van der Waals surface area contributed by atoms with Crippen LogP contribution in [-0.4, -0.2) is 55.7 Å². The van der Waals surface area contributed by atoms with Crippen molar-refractivity contribution in [2.45, 2.75) is 13.0 Å². The van der Waals surface area contributed by atoms with E-state index in [1.54, 1.807) is 49.4 Å². The molecule has 1 unspecified atom stereocenters. The number of carbonyl (C=O) groups is 2. The average molecular weight is 617 g/mol. The zero-order chi connectivity index (χ0) is 28.1. The number of fused-ring (bicyclic) bond motifs is 1. The second kappa shape index (κ2) is 12.4. The first-order valence-electron chi connectivity index (χ1n) is 11.7. The van der Waals surface area contributed by atoms with Crippen LogP contribution in [0.2, 0.25) is 0 Å². The Morgan fingerprint density at radius 3 is 2.62 bits per heavy atom. The summed E-state index contributed by atoms with van der Waals surface area (Å²) in [6.45, 7) is 1.51. The fourth-order valence-corrected chi connectivity index (χ4v) is 5.64. The molecule has 0 saturated heterocycles. The summed E-state index contributed by atoms with van der Waals surface area (Å²) in [6.07, 6.45) is 1.70. The first-order valence-corrected chi connectivity index (χ1v) is 13.3. The summed E-state index contributed by atoms with van der Waals surface area (Å²) >= 11 is 4.57. The standard InChI is InChI=1S/C27H25BrN2O8S/c1-15-23(26(34)37-11-10-35-2)24(17-6-4-5-7-19(17)36-3)30-25(33)21(39-27(30)29-15)13-16-8-9-20(18(28)12-16)38-14-22(31)32/h4-9,12-13,24H,10-11,14H2,1-3H3,(H,31,32). The molecule has 3 aromatic rings. The van der Waals surface area contributed by atoms with Gasteiger partial charge in [-0.25, -0.2) is 14.6 Å². The maximum Gasteiger partial charge on any atom is 0.341 e. The number of esters is 1. The fourth-order valence-electron chi connectivity index (χ4n) is 4.08. The van der Waals surface area contributed by atoms with Gasteiger partial charge >= 0.3 is 11.9 Å². The second-order valence-electron chi connectivity index (χ2n) is 8.32. The van der Waals surface area contributed by atoms with Crippen LogP contribution in [-0.2, 0) is 19.1 Å². The molecule has 10 nitrogen and oxygen atoms in total. The quantitative estimate of drug-likeness (QED) is 0.272. The van der Waals surface area contributed by atoms with E-state index in [1.165, 1.54) is 30.1 Å². The maximum atomic E-state index is 13.8. The molecule has 2 heterocycles. The van der Waals surface area contributed by atoms with Crippen LogP contribution in [0, 0.1) is 0 Å². The average Bonchev–Trinajstić information content (AvgIpc) is 3.21. The normalized spacial score (nSPS) is 15.0. The van der Waals surface area contributed by atoms with Crippen LogP contribution in [0.1, 0.15) is 24.1 Å². The molecule has 12 heteroatoms. The van der Waals surface area contributed by atoms with Crippen LogP contribution >= 0.6 is 27.3 Å². The zero-order valence-corrected chi connectivity index (χ0v) is 23.7. The topological polar surface area (TPSA) is 126 Å². The third kappa shape index (κ3) is 6.13. The van der Waals surface area contributed by atoms with Gasteiger partial charge in [0, 0.05) is 12.7 Å². The van der Waals surface area contributed by atoms with Crippen molar-refractivity contribution in [3.8, 4) is 11.5 Å². The van der Waals surface area contributed by atoms with Gasteiger partial charge in [0.15, 0.2) is 11.4 Å². The molecule has 1 N–H and O–H groups in total. The van der Waals surface area contributed by atoms with Gasteiger partial charge in [0.1, 0.15) is 24.1 Å². The molecule has 0 spiro atoms. The number of carbonyl (C=O) groups excluding carboxylic acids is 1. The number of allylic oxidation sites excluding steroid dienone is 1. The van der Waals surface area contributed by atoms with Crippen LogP contribution in [0.4, 0.5) is 0 Å². The number of aromatic nitrogens is 1. The number of para-hydroxylation sites is 1. The number of carboxylic acids is 1. The van der Waals surface area contributed by atoms with Crippen molar-refractivity contribution in [1.29, 1.82) is 0 Å². The van der Waals surface area contributed by atoms with Crippen molar-refractivity contribution < 1.29 is 33.6 Å². The number of carboxylic acid groups (broad SMARTS) is 1. The number of thiazole rings is 1. The molecule has 0 amide bonds. The monoisotopic (exact) mass is 616 g/mol. The number of hydrogen-bond acceptors (Lipinski definition) is 9. The Bertz CT molecular complexity index is 1630. The SMILES string of the molecule is COCCOC(=O)C1=C(C)N=c2sc(=Cc3ccc(OCC(=O)O)c(Br)c3)c(=O)n2C1c1ccccc1OC. The number of benzene rings is 2. The lowest BCUT2D eigenvalue weighted by atomic mass is 9.95. The molecule has 1 aliphatic rings. The largest absolute Gasteiger partial charge is 0.496 e. The summed E-state index contributed by atoms with van der Waals surface area (Å²) in [5, 5.41) is 8.85. The molecule has 4 rings (SSSR count).